The monoisotopic (exact) mass is 384 g/mol. The van der Waals surface area contributed by atoms with E-state index in [-0.39, 0.29) is 5.91 Å². The van der Waals surface area contributed by atoms with Crippen LogP contribution in [0.4, 0.5) is 0 Å². The van der Waals surface area contributed by atoms with Crippen molar-refractivity contribution in [1.29, 1.82) is 0 Å². The Bertz CT molecular complexity index is 895. The molecule has 0 unspecified atom stereocenters. The van der Waals surface area contributed by atoms with Crippen LogP contribution in [0.25, 0.3) is 11.0 Å². The predicted octanol–water partition coefficient (Wildman–Crippen LogP) is 4.14. The first kappa shape index (κ1) is 18.1. The molecule has 2 aromatic heterocycles. The van der Waals surface area contributed by atoms with Gasteiger partial charge in [-0.25, -0.2) is 0 Å². The number of para-hydroxylation sites is 1. The van der Waals surface area contributed by atoms with Gasteiger partial charge in [0.15, 0.2) is 17.1 Å². The zero-order valence-electron chi connectivity index (χ0n) is 15.4. The summed E-state index contributed by atoms with van der Waals surface area (Å²) in [4.78, 5) is 15.0. The summed E-state index contributed by atoms with van der Waals surface area (Å²) in [5.74, 6) is 1.34. The van der Waals surface area contributed by atoms with Crippen LogP contribution in [-0.2, 0) is 6.54 Å². The van der Waals surface area contributed by atoms with Crippen molar-refractivity contribution in [2.24, 2.45) is 5.92 Å². The molecule has 27 heavy (non-hydrogen) atoms. The van der Waals surface area contributed by atoms with Crippen molar-refractivity contribution >= 4 is 28.2 Å². The van der Waals surface area contributed by atoms with Crippen LogP contribution in [0.2, 0.25) is 0 Å². The number of benzene rings is 1. The van der Waals surface area contributed by atoms with Gasteiger partial charge in [-0.05, 0) is 66.4 Å². The number of fused-ring (bicyclic) bond motifs is 1. The molecule has 3 heterocycles. The standard InChI is InChI=1S/C21H24N2O3S/c1-25-18-4-2-3-17-11-19(26-20(17)18)21(24)22-12-15-5-8-23(9-6-15)13-16-7-10-27-14-16/h2-4,7,10-11,14-15H,5-6,8-9,12-13H2,1H3,(H,22,24). The van der Waals surface area contributed by atoms with E-state index in [4.69, 9.17) is 9.15 Å². The van der Waals surface area contributed by atoms with Crippen LogP contribution in [0.1, 0.15) is 29.0 Å². The summed E-state index contributed by atoms with van der Waals surface area (Å²) in [5.41, 5.74) is 2.01. The van der Waals surface area contributed by atoms with E-state index in [1.54, 1.807) is 24.5 Å². The van der Waals surface area contributed by atoms with Crippen LogP contribution < -0.4 is 10.1 Å². The van der Waals surface area contributed by atoms with Crippen molar-refractivity contribution in [3.63, 3.8) is 0 Å². The lowest BCUT2D eigenvalue weighted by molar-refractivity contribution is 0.0909. The quantitative estimate of drug-likeness (QED) is 0.694. The number of rotatable bonds is 6. The van der Waals surface area contributed by atoms with Crippen LogP contribution >= 0.6 is 11.3 Å². The number of nitrogens with zero attached hydrogens (tertiary/aromatic N) is 1. The average molecular weight is 385 g/mol. The largest absolute Gasteiger partial charge is 0.493 e. The summed E-state index contributed by atoms with van der Waals surface area (Å²) >= 11 is 1.75. The maximum atomic E-state index is 12.5. The van der Waals surface area contributed by atoms with Crippen LogP contribution in [-0.4, -0.2) is 37.6 Å². The lowest BCUT2D eigenvalue weighted by Crippen LogP contribution is -2.38. The van der Waals surface area contributed by atoms with E-state index < -0.39 is 0 Å². The molecule has 1 N–H and O–H groups in total. The summed E-state index contributed by atoms with van der Waals surface area (Å²) in [6.07, 6.45) is 2.22. The number of ether oxygens (including phenoxy) is 1. The Labute approximate surface area is 162 Å². The number of carbonyl (C=O) groups excluding carboxylic acids is 1. The molecule has 0 atom stereocenters. The van der Waals surface area contributed by atoms with Gasteiger partial charge in [0, 0.05) is 18.5 Å². The molecule has 5 nitrogen and oxygen atoms in total. The van der Waals surface area contributed by atoms with Crippen LogP contribution in [0.15, 0.2) is 45.5 Å². The Kier molecular flexibility index (Phi) is 5.45. The fourth-order valence-corrected chi connectivity index (χ4v) is 4.28. The SMILES string of the molecule is COc1cccc2cc(C(=O)NCC3CCN(Cc4ccsc4)CC3)oc12. The average Bonchev–Trinajstić information content (AvgIpc) is 3.36. The molecule has 4 rings (SSSR count). The first-order chi connectivity index (χ1) is 13.2. The summed E-state index contributed by atoms with van der Waals surface area (Å²) < 4.78 is 11.0. The van der Waals surface area contributed by atoms with Crippen molar-refractivity contribution in [2.75, 3.05) is 26.7 Å². The van der Waals surface area contributed by atoms with Gasteiger partial charge in [0.25, 0.3) is 5.91 Å². The molecular weight excluding hydrogens is 360 g/mol. The summed E-state index contributed by atoms with van der Waals surface area (Å²) in [6.45, 7) is 3.89. The number of furan rings is 1. The van der Waals surface area contributed by atoms with Crippen molar-refractivity contribution in [2.45, 2.75) is 19.4 Å². The number of likely N-dealkylation sites (tertiary alicyclic amines) is 1. The summed E-state index contributed by atoms with van der Waals surface area (Å²) in [6, 6.07) is 9.61. The zero-order valence-corrected chi connectivity index (χ0v) is 16.3. The number of hydrogen-bond donors (Lipinski definition) is 1. The van der Waals surface area contributed by atoms with Crippen molar-refractivity contribution < 1.29 is 13.9 Å². The van der Waals surface area contributed by atoms with Gasteiger partial charge in [0.2, 0.25) is 0 Å². The number of hydrogen-bond acceptors (Lipinski definition) is 5. The van der Waals surface area contributed by atoms with Gasteiger partial charge < -0.3 is 14.5 Å². The molecule has 1 fully saturated rings. The second kappa shape index (κ2) is 8.15. The Morgan fingerprint density at radius 2 is 2.19 bits per heavy atom. The Hall–Kier alpha value is -2.31. The minimum atomic E-state index is -0.158. The van der Waals surface area contributed by atoms with Crippen LogP contribution in [0.5, 0.6) is 5.75 Å². The minimum absolute atomic E-state index is 0.158. The molecule has 0 bridgehead atoms. The number of methoxy groups -OCH3 is 1. The molecule has 142 valence electrons. The molecule has 1 amide bonds. The number of piperidine rings is 1. The van der Waals surface area contributed by atoms with E-state index in [0.29, 0.717) is 29.6 Å². The Morgan fingerprint density at radius 3 is 2.93 bits per heavy atom. The highest BCUT2D eigenvalue weighted by Gasteiger charge is 2.21. The lowest BCUT2D eigenvalue weighted by atomic mass is 9.96. The van der Waals surface area contributed by atoms with E-state index in [1.807, 2.05) is 18.2 Å². The molecule has 0 spiro atoms. The Balaban J connectivity index is 1.28. The maximum absolute atomic E-state index is 12.5. The van der Waals surface area contributed by atoms with Gasteiger partial charge >= 0.3 is 0 Å². The van der Waals surface area contributed by atoms with Crippen LogP contribution in [0, 0.1) is 5.92 Å². The normalized spacial score (nSPS) is 15.9. The molecule has 0 radical (unpaired) electrons. The third-order valence-electron chi connectivity index (χ3n) is 5.20. The highest BCUT2D eigenvalue weighted by Crippen LogP contribution is 2.28. The molecular formula is C21H24N2O3S. The van der Waals surface area contributed by atoms with Gasteiger partial charge in [-0.15, -0.1) is 0 Å². The summed E-state index contributed by atoms with van der Waals surface area (Å²) in [7, 11) is 1.60. The van der Waals surface area contributed by atoms with Gasteiger partial charge in [-0.1, -0.05) is 12.1 Å². The van der Waals surface area contributed by atoms with E-state index in [1.165, 1.54) is 5.56 Å². The van der Waals surface area contributed by atoms with Gasteiger partial charge in [0.05, 0.1) is 7.11 Å². The number of thiophene rings is 1. The molecule has 3 aromatic rings. The molecule has 1 aliphatic heterocycles. The lowest BCUT2D eigenvalue weighted by Gasteiger charge is -2.31. The first-order valence-electron chi connectivity index (χ1n) is 9.31. The molecule has 0 saturated carbocycles. The Morgan fingerprint density at radius 1 is 1.33 bits per heavy atom. The highest BCUT2D eigenvalue weighted by molar-refractivity contribution is 7.07. The fraction of sp³-hybridized carbons (Fsp3) is 0.381. The molecule has 6 heteroatoms. The predicted molar refractivity (Wildman–Crippen MR) is 107 cm³/mol. The number of nitrogens with one attached hydrogen (secondary N) is 1. The van der Waals surface area contributed by atoms with Crippen molar-refractivity contribution in [3.8, 4) is 5.75 Å². The molecule has 1 aliphatic rings. The van der Waals surface area contributed by atoms with E-state index in [9.17, 15) is 4.79 Å². The molecule has 1 aromatic carbocycles. The van der Waals surface area contributed by atoms with E-state index >= 15 is 0 Å². The van der Waals surface area contributed by atoms with Gasteiger partial charge in [0.1, 0.15) is 0 Å². The third-order valence-corrected chi connectivity index (χ3v) is 5.93. The first-order valence-corrected chi connectivity index (χ1v) is 10.3. The van der Waals surface area contributed by atoms with E-state index in [0.717, 1.165) is 37.9 Å². The summed E-state index contributed by atoms with van der Waals surface area (Å²) in [5, 5.41) is 8.26. The smallest absolute Gasteiger partial charge is 0.287 e. The van der Waals surface area contributed by atoms with Gasteiger partial charge in [-0.3, -0.25) is 9.69 Å². The van der Waals surface area contributed by atoms with Crippen molar-refractivity contribution in [3.05, 3.63) is 52.4 Å². The third kappa shape index (κ3) is 4.17. The van der Waals surface area contributed by atoms with Crippen molar-refractivity contribution in [1.82, 2.24) is 10.2 Å². The maximum Gasteiger partial charge on any atom is 0.287 e. The highest BCUT2D eigenvalue weighted by atomic mass is 32.1. The van der Waals surface area contributed by atoms with Gasteiger partial charge in [-0.2, -0.15) is 11.3 Å². The second-order valence-electron chi connectivity index (χ2n) is 7.05. The topological polar surface area (TPSA) is 54.7 Å². The minimum Gasteiger partial charge on any atom is -0.493 e. The number of amides is 1. The zero-order chi connectivity index (χ0) is 18.6. The second-order valence-corrected chi connectivity index (χ2v) is 7.83. The molecule has 1 saturated heterocycles. The fourth-order valence-electron chi connectivity index (χ4n) is 3.62. The molecule has 0 aliphatic carbocycles. The van der Waals surface area contributed by atoms with Crippen LogP contribution in [0.3, 0.4) is 0 Å². The van der Waals surface area contributed by atoms with E-state index in [2.05, 4.69) is 27.0 Å². The number of carbonyl (C=O) groups is 1.